The average molecular weight is 368 g/mol. The van der Waals surface area contributed by atoms with Crippen LogP contribution in [0.2, 0.25) is 5.02 Å². The van der Waals surface area contributed by atoms with E-state index in [0.29, 0.717) is 34.4 Å². The van der Waals surface area contributed by atoms with Crippen LogP contribution in [0.5, 0.6) is 17.2 Å². The van der Waals surface area contributed by atoms with Gasteiger partial charge in [-0.3, -0.25) is 4.79 Å². The van der Waals surface area contributed by atoms with Crippen molar-refractivity contribution in [2.75, 3.05) is 11.9 Å². The molecule has 26 heavy (non-hydrogen) atoms. The molecule has 3 aromatic rings. The van der Waals surface area contributed by atoms with E-state index in [4.69, 9.17) is 21.1 Å². The molecule has 0 aromatic heterocycles. The van der Waals surface area contributed by atoms with Crippen LogP contribution < -0.4 is 14.8 Å². The zero-order valence-corrected chi connectivity index (χ0v) is 15.0. The Labute approximate surface area is 157 Å². The molecule has 5 heteroatoms. The second-order valence-electron chi connectivity index (χ2n) is 5.50. The number of carbonyl (C=O) groups is 1. The Morgan fingerprint density at radius 3 is 2.15 bits per heavy atom. The molecule has 0 unspecified atom stereocenters. The summed E-state index contributed by atoms with van der Waals surface area (Å²) in [5.74, 6) is 1.98. The maximum atomic E-state index is 12.2. The summed E-state index contributed by atoms with van der Waals surface area (Å²) < 4.78 is 11.2. The number of hydrogen-bond donors (Lipinski definition) is 1. The molecule has 0 fully saturated rings. The number of nitrogens with one attached hydrogen (secondary N) is 1. The lowest BCUT2D eigenvalue weighted by atomic mass is 10.2. The second kappa shape index (κ2) is 8.41. The summed E-state index contributed by atoms with van der Waals surface area (Å²) in [5, 5.41) is 3.35. The number of rotatable bonds is 6. The number of halogens is 1. The third kappa shape index (κ3) is 4.77. The summed E-state index contributed by atoms with van der Waals surface area (Å²) in [6.45, 7) is 2.57. The van der Waals surface area contributed by atoms with Crippen LogP contribution in [0.4, 0.5) is 5.69 Å². The highest BCUT2D eigenvalue weighted by Gasteiger charge is 2.07. The highest BCUT2D eigenvalue weighted by molar-refractivity contribution is 6.31. The molecule has 1 N–H and O–H groups in total. The van der Waals surface area contributed by atoms with E-state index in [0.717, 1.165) is 5.75 Å². The van der Waals surface area contributed by atoms with Crippen LogP contribution >= 0.6 is 11.6 Å². The maximum absolute atomic E-state index is 12.2. The van der Waals surface area contributed by atoms with Crippen LogP contribution in [0.15, 0.2) is 72.8 Å². The van der Waals surface area contributed by atoms with Gasteiger partial charge in [0.2, 0.25) is 0 Å². The van der Waals surface area contributed by atoms with Gasteiger partial charge in [-0.2, -0.15) is 0 Å². The zero-order chi connectivity index (χ0) is 18.4. The lowest BCUT2D eigenvalue weighted by Gasteiger charge is -2.09. The van der Waals surface area contributed by atoms with Gasteiger partial charge in [0.1, 0.15) is 17.2 Å². The summed E-state index contributed by atoms with van der Waals surface area (Å²) in [6, 6.07) is 21.4. The first-order valence-electron chi connectivity index (χ1n) is 8.22. The van der Waals surface area contributed by atoms with Gasteiger partial charge in [0.15, 0.2) is 0 Å². The number of hydrogen-bond acceptors (Lipinski definition) is 3. The van der Waals surface area contributed by atoms with Crippen molar-refractivity contribution in [3.05, 3.63) is 83.4 Å². The largest absolute Gasteiger partial charge is 0.494 e. The lowest BCUT2D eigenvalue weighted by Crippen LogP contribution is -2.11. The van der Waals surface area contributed by atoms with Gasteiger partial charge in [0.05, 0.1) is 6.61 Å². The number of anilines is 1. The Hall–Kier alpha value is -2.98. The molecule has 0 atom stereocenters. The lowest BCUT2D eigenvalue weighted by molar-refractivity contribution is 0.102. The van der Waals surface area contributed by atoms with Crippen molar-refractivity contribution in [3.63, 3.8) is 0 Å². The monoisotopic (exact) mass is 367 g/mol. The molecular weight excluding hydrogens is 350 g/mol. The summed E-state index contributed by atoms with van der Waals surface area (Å²) in [5.41, 5.74) is 1.18. The molecule has 0 radical (unpaired) electrons. The van der Waals surface area contributed by atoms with Crippen molar-refractivity contribution >= 4 is 23.2 Å². The predicted molar refractivity (Wildman–Crippen MR) is 104 cm³/mol. The fourth-order valence-electron chi connectivity index (χ4n) is 2.35. The molecule has 0 spiro atoms. The normalized spacial score (nSPS) is 10.2. The van der Waals surface area contributed by atoms with Crippen LogP contribution in [0.1, 0.15) is 17.3 Å². The van der Waals surface area contributed by atoms with E-state index >= 15 is 0 Å². The van der Waals surface area contributed by atoms with E-state index in [-0.39, 0.29) is 5.91 Å². The number of ether oxygens (including phenoxy) is 2. The van der Waals surface area contributed by atoms with Crippen LogP contribution in [0.3, 0.4) is 0 Å². The predicted octanol–water partition coefficient (Wildman–Crippen LogP) is 5.78. The first kappa shape index (κ1) is 17.8. The second-order valence-corrected chi connectivity index (χ2v) is 5.93. The molecule has 0 heterocycles. The highest BCUT2D eigenvalue weighted by Crippen LogP contribution is 2.25. The summed E-state index contributed by atoms with van der Waals surface area (Å²) in [7, 11) is 0. The summed E-state index contributed by atoms with van der Waals surface area (Å²) in [6.07, 6.45) is 0. The molecule has 0 aliphatic carbocycles. The first-order valence-corrected chi connectivity index (χ1v) is 8.59. The summed E-state index contributed by atoms with van der Waals surface area (Å²) in [4.78, 5) is 12.2. The SMILES string of the molecule is CCOc1ccc(Oc2ccc(NC(=O)c3cccc(Cl)c3)cc2)cc1. The van der Waals surface area contributed by atoms with Crippen molar-refractivity contribution in [3.8, 4) is 17.2 Å². The average Bonchev–Trinajstić information content (AvgIpc) is 2.65. The molecule has 3 rings (SSSR count). The Morgan fingerprint density at radius 2 is 1.54 bits per heavy atom. The van der Waals surface area contributed by atoms with Gasteiger partial charge >= 0.3 is 0 Å². The smallest absolute Gasteiger partial charge is 0.255 e. The van der Waals surface area contributed by atoms with Crippen molar-refractivity contribution in [1.29, 1.82) is 0 Å². The van der Waals surface area contributed by atoms with Crippen molar-refractivity contribution in [2.24, 2.45) is 0 Å². The van der Waals surface area contributed by atoms with Crippen LogP contribution in [0, 0.1) is 0 Å². The van der Waals surface area contributed by atoms with Crippen LogP contribution in [-0.4, -0.2) is 12.5 Å². The molecule has 0 saturated carbocycles. The third-order valence-electron chi connectivity index (χ3n) is 3.57. The fraction of sp³-hybridized carbons (Fsp3) is 0.0952. The fourth-order valence-corrected chi connectivity index (χ4v) is 2.54. The van der Waals surface area contributed by atoms with Crippen LogP contribution in [0.25, 0.3) is 0 Å². The molecule has 0 saturated heterocycles. The molecular formula is C21H18ClNO3. The van der Waals surface area contributed by atoms with Gasteiger partial charge in [-0.25, -0.2) is 0 Å². The van der Waals surface area contributed by atoms with Gasteiger partial charge in [-0.1, -0.05) is 17.7 Å². The van der Waals surface area contributed by atoms with E-state index in [1.165, 1.54) is 0 Å². The number of benzene rings is 3. The quantitative estimate of drug-likeness (QED) is 0.600. The Balaban J connectivity index is 1.62. The molecule has 0 bridgehead atoms. The Kier molecular flexibility index (Phi) is 5.77. The van der Waals surface area contributed by atoms with Gasteiger partial charge in [-0.15, -0.1) is 0 Å². The van der Waals surface area contributed by atoms with E-state index in [1.54, 1.807) is 48.5 Å². The van der Waals surface area contributed by atoms with E-state index in [2.05, 4.69) is 5.32 Å². The summed E-state index contributed by atoms with van der Waals surface area (Å²) >= 11 is 5.91. The number of amides is 1. The molecule has 0 aliphatic heterocycles. The van der Waals surface area contributed by atoms with Crippen molar-refractivity contribution < 1.29 is 14.3 Å². The van der Waals surface area contributed by atoms with E-state index in [9.17, 15) is 4.79 Å². The highest BCUT2D eigenvalue weighted by atomic mass is 35.5. The Bertz CT molecular complexity index is 877. The minimum Gasteiger partial charge on any atom is -0.494 e. The third-order valence-corrected chi connectivity index (χ3v) is 3.80. The number of carbonyl (C=O) groups excluding carboxylic acids is 1. The van der Waals surface area contributed by atoms with Gasteiger partial charge in [0.25, 0.3) is 5.91 Å². The minimum absolute atomic E-state index is 0.215. The van der Waals surface area contributed by atoms with E-state index < -0.39 is 0 Å². The first-order chi connectivity index (χ1) is 12.6. The Morgan fingerprint density at radius 1 is 0.923 bits per heavy atom. The van der Waals surface area contributed by atoms with Crippen molar-refractivity contribution in [2.45, 2.75) is 6.92 Å². The minimum atomic E-state index is -0.215. The van der Waals surface area contributed by atoms with Gasteiger partial charge in [0, 0.05) is 16.3 Å². The van der Waals surface area contributed by atoms with Crippen LogP contribution in [-0.2, 0) is 0 Å². The maximum Gasteiger partial charge on any atom is 0.255 e. The van der Waals surface area contributed by atoms with Gasteiger partial charge in [-0.05, 0) is 73.7 Å². The molecule has 0 aliphatic rings. The molecule has 1 amide bonds. The molecule has 132 valence electrons. The topological polar surface area (TPSA) is 47.6 Å². The van der Waals surface area contributed by atoms with Gasteiger partial charge < -0.3 is 14.8 Å². The zero-order valence-electron chi connectivity index (χ0n) is 14.2. The standard InChI is InChI=1S/C21H18ClNO3/c1-2-25-18-10-12-20(13-11-18)26-19-8-6-17(7-9-19)23-21(24)15-4-3-5-16(22)14-15/h3-14H,2H2,1H3,(H,23,24). The molecule has 3 aromatic carbocycles. The molecule has 4 nitrogen and oxygen atoms in total. The van der Waals surface area contributed by atoms with Crippen molar-refractivity contribution in [1.82, 2.24) is 0 Å². The van der Waals surface area contributed by atoms with E-state index in [1.807, 2.05) is 31.2 Å².